The van der Waals surface area contributed by atoms with Crippen LogP contribution in [0, 0.1) is 11.8 Å². The normalized spacial score (nSPS) is 35.4. The van der Waals surface area contributed by atoms with Crippen LogP contribution in [0.5, 0.6) is 0 Å². The minimum absolute atomic E-state index is 0.854. The predicted octanol–water partition coefficient (Wildman–Crippen LogP) is 4.01. The molecule has 2 atom stereocenters. The van der Waals surface area contributed by atoms with Crippen molar-refractivity contribution in [2.75, 3.05) is 0 Å². The van der Waals surface area contributed by atoms with Crippen molar-refractivity contribution >= 4 is 0 Å². The predicted molar refractivity (Wildman–Crippen MR) is 60.0 cm³/mol. The number of hydrogen-bond donors (Lipinski definition) is 0. The zero-order valence-electron chi connectivity index (χ0n) is 8.71. The summed E-state index contributed by atoms with van der Waals surface area (Å²) in [6, 6.07) is 0. The highest BCUT2D eigenvalue weighted by molar-refractivity contribution is 5.37. The minimum atomic E-state index is 0.854. The Bertz CT molecular complexity index is 317. The Morgan fingerprint density at radius 2 is 2.14 bits per heavy atom. The van der Waals surface area contributed by atoms with E-state index in [4.69, 9.17) is 0 Å². The fourth-order valence-corrected chi connectivity index (χ4v) is 3.22. The molecule has 0 spiro atoms. The van der Waals surface area contributed by atoms with Gasteiger partial charge in [-0.05, 0) is 49.5 Å². The summed E-state index contributed by atoms with van der Waals surface area (Å²) < 4.78 is 0. The standard InChI is InChI=1S/C14H18/c1-2-6-12-10-14-8-4-3-7-13(14)9-11(12)5-1/h1-2,5,9,12,14H,3-4,6-8,10H2/t12-,14-/m1/s1. The third kappa shape index (κ3) is 1.37. The van der Waals surface area contributed by atoms with E-state index in [1.54, 1.807) is 11.1 Å². The van der Waals surface area contributed by atoms with Crippen LogP contribution in [0.1, 0.15) is 38.5 Å². The molecule has 0 saturated heterocycles. The highest BCUT2D eigenvalue weighted by Gasteiger charge is 2.28. The Morgan fingerprint density at radius 3 is 3.14 bits per heavy atom. The second-order valence-electron chi connectivity index (χ2n) is 4.93. The molecule has 3 aliphatic rings. The fourth-order valence-electron chi connectivity index (χ4n) is 3.22. The Balaban J connectivity index is 1.92. The van der Waals surface area contributed by atoms with Crippen molar-refractivity contribution in [3.63, 3.8) is 0 Å². The van der Waals surface area contributed by atoms with Gasteiger partial charge in [-0.3, -0.25) is 0 Å². The van der Waals surface area contributed by atoms with Crippen molar-refractivity contribution < 1.29 is 0 Å². The fraction of sp³-hybridized carbons (Fsp3) is 0.571. The minimum Gasteiger partial charge on any atom is -0.0839 e. The molecule has 1 fully saturated rings. The Labute approximate surface area is 86.4 Å². The summed E-state index contributed by atoms with van der Waals surface area (Å²) in [5, 5.41) is 0. The van der Waals surface area contributed by atoms with E-state index in [0.717, 1.165) is 11.8 Å². The van der Waals surface area contributed by atoms with E-state index in [0.29, 0.717) is 0 Å². The van der Waals surface area contributed by atoms with Crippen molar-refractivity contribution in [1.29, 1.82) is 0 Å². The highest BCUT2D eigenvalue weighted by Crippen LogP contribution is 2.42. The van der Waals surface area contributed by atoms with Crippen LogP contribution >= 0.6 is 0 Å². The first kappa shape index (κ1) is 8.52. The van der Waals surface area contributed by atoms with Gasteiger partial charge < -0.3 is 0 Å². The second-order valence-corrected chi connectivity index (χ2v) is 4.93. The molecule has 0 heterocycles. The van der Waals surface area contributed by atoms with Crippen molar-refractivity contribution in [3.05, 3.63) is 35.5 Å². The monoisotopic (exact) mass is 186 g/mol. The van der Waals surface area contributed by atoms with Crippen molar-refractivity contribution in [3.8, 4) is 0 Å². The molecule has 0 aliphatic heterocycles. The summed E-state index contributed by atoms with van der Waals surface area (Å²) in [5.41, 5.74) is 3.37. The van der Waals surface area contributed by atoms with E-state index < -0.39 is 0 Å². The van der Waals surface area contributed by atoms with Gasteiger partial charge in [-0.1, -0.05) is 36.3 Å². The molecular weight excluding hydrogens is 168 g/mol. The Hall–Kier alpha value is -0.780. The van der Waals surface area contributed by atoms with Crippen LogP contribution < -0.4 is 0 Å². The Morgan fingerprint density at radius 1 is 1.14 bits per heavy atom. The van der Waals surface area contributed by atoms with Gasteiger partial charge in [-0.25, -0.2) is 0 Å². The van der Waals surface area contributed by atoms with Gasteiger partial charge in [0, 0.05) is 0 Å². The molecule has 3 rings (SSSR count). The van der Waals surface area contributed by atoms with Gasteiger partial charge in [0.25, 0.3) is 0 Å². The first-order chi connectivity index (χ1) is 6.93. The maximum absolute atomic E-state index is 2.52. The lowest BCUT2D eigenvalue weighted by Gasteiger charge is -2.35. The van der Waals surface area contributed by atoms with E-state index in [-0.39, 0.29) is 0 Å². The molecule has 74 valence electrons. The number of hydrogen-bond acceptors (Lipinski definition) is 0. The zero-order chi connectivity index (χ0) is 9.38. The lowest BCUT2D eigenvalue weighted by Crippen LogP contribution is -2.21. The van der Waals surface area contributed by atoms with Crippen LogP contribution in [0.2, 0.25) is 0 Å². The first-order valence-electron chi connectivity index (χ1n) is 6.00. The van der Waals surface area contributed by atoms with E-state index >= 15 is 0 Å². The van der Waals surface area contributed by atoms with Gasteiger partial charge >= 0.3 is 0 Å². The summed E-state index contributed by atoms with van der Waals surface area (Å²) in [6.07, 6.45) is 17.8. The van der Waals surface area contributed by atoms with Crippen LogP contribution in [0.4, 0.5) is 0 Å². The molecule has 0 aromatic rings. The van der Waals surface area contributed by atoms with Crippen LogP contribution in [-0.4, -0.2) is 0 Å². The summed E-state index contributed by atoms with van der Waals surface area (Å²) in [4.78, 5) is 0. The lowest BCUT2D eigenvalue weighted by atomic mass is 9.70. The summed E-state index contributed by atoms with van der Waals surface area (Å²) in [5.74, 6) is 1.80. The third-order valence-corrected chi connectivity index (χ3v) is 4.03. The Kier molecular flexibility index (Phi) is 2.08. The average molecular weight is 186 g/mol. The van der Waals surface area contributed by atoms with Crippen molar-refractivity contribution in [2.24, 2.45) is 11.8 Å². The van der Waals surface area contributed by atoms with E-state index in [1.807, 2.05) is 0 Å². The van der Waals surface area contributed by atoms with Crippen molar-refractivity contribution in [1.82, 2.24) is 0 Å². The van der Waals surface area contributed by atoms with Crippen LogP contribution in [0.3, 0.4) is 0 Å². The van der Waals surface area contributed by atoms with Crippen LogP contribution in [-0.2, 0) is 0 Å². The van der Waals surface area contributed by atoms with E-state index in [9.17, 15) is 0 Å². The molecule has 0 amide bonds. The molecule has 14 heavy (non-hydrogen) atoms. The maximum Gasteiger partial charge on any atom is -0.0122 e. The van der Waals surface area contributed by atoms with Crippen molar-refractivity contribution in [2.45, 2.75) is 38.5 Å². The maximum atomic E-state index is 2.52. The molecule has 1 saturated carbocycles. The SMILES string of the molecule is C1=CC[C@@H]2C[C@H]3CCCCC3=CC2=C1. The molecule has 0 N–H and O–H groups in total. The number of allylic oxidation sites excluding steroid dienone is 6. The average Bonchev–Trinajstić information content (AvgIpc) is 2.26. The molecule has 0 nitrogen and oxygen atoms in total. The zero-order valence-corrected chi connectivity index (χ0v) is 8.71. The van der Waals surface area contributed by atoms with Gasteiger partial charge in [-0.2, -0.15) is 0 Å². The van der Waals surface area contributed by atoms with Gasteiger partial charge in [-0.15, -0.1) is 0 Å². The highest BCUT2D eigenvalue weighted by atomic mass is 14.3. The van der Waals surface area contributed by atoms with Crippen LogP contribution in [0.15, 0.2) is 35.5 Å². The summed E-state index contributed by atoms with van der Waals surface area (Å²) in [6.45, 7) is 0. The van der Waals surface area contributed by atoms with E-state index in [2.05, 4.69) is 24.3 Å². The van der Waals surface area contributed by atoms with E-state index in [1.165, 1.54) is 38.5 Å². The van der Waals surface area contributed by atoms with Gasteiger partial charge in [0.15, 0.2) is 0 Å². The largest absolute Gasteiger partial charge is 0.0839 e. The van der Waals surface area contributed by atoms with Gasteiger partial charge in [0.1, 0.15) is 0 Å². The molecule has 0 unspecified atom stereocenters. The smallest absolute Gasteiger partial charge is 0.0122 e. The quantitative estimate of drug-likeness (QED) is 0.536. The number of rotatable bonds is 0. The third-order valence-electron chi connectivity index (χ3n) is 4.03. The second kappa shape index (κ2) is 3.42. The molecule has 3 aliphatic carbocycles. The van der Waals surface area contributed by atoms with Gasteiger partial charge in [0.2, 0.25) is 0 Å². The molecule has 0 bridgehead atoms. The van der Waals surface area contributed by atoms with Gasteiger partial charge in [0.05, 0.1) is 0 Å². The molecule has 0 aromatic heterocycles. The molecule has 0 aromatic carbocycles. The number of fused-ring (bicyclic) bond motifs is 2. The lowest BCUT2D eigenvalue weighted by molar-refractivity contribution is 0.363. The summed E-state index contributed by atoms with van der Waals surface area (Å²) in [7, 11) is 0. The first-order valence-corrected chi connectivity index (χ1v) is 6.00. The van der Waals surface area contributed by atoms with Crippen LogP contribution in [0.25, 0.3) is 0 Å². The summed E-state index contributed by atoms with van der Waals surface area (Å²) >= 11 is 0. The molecule has 0 heteroatoms. The molecular formula is C14H18. The molecule has 0 radical (unpaired) electrons. The topological polar surface area (TPSA) is 0 Å².